The van der Waals surface area contributed by atoms with Crippen molar-refractivity contribution in [3.63, 3.8) is 0 Å². The molecule has 1 heterocycles. The third-order valence-corrected chi connectivity index (χ3v) is 3.24. The van der Waals surface area contributed by atoms with Crippen molar-refractivity contribution in [2.75, 3.05) is 0 Å². The molecule has 0 aliphatic carbocycles. The fourth-order valence-corrected chi connectivity index (χ4v) is 2.60. The Morgan fingerprint density at radius 1 is 1.47 bits per heavy atom. The normalized spacial score (nSPS) is 13.3. The van der Waals surface area contributed by atoms with Crippen molar-refractivity contribution in [2.45, 2.75) is 19.4 Å². The van der Waals surface area contributed by atoms with Crippen LogP contribution >= 0.6 is 15.9 Å². The molecule has 0 bridgehead atoms. The number of benzene rings is 1. The average molecular weight is 267 g/mol. The monoisotopic (exact) mass is 266 g/mol. The maximum atomic E-state index is 5.85. The van der Waals surface area contributed by atoms with Gasteiger partial charge in [-0.3, -0.25) is 0 Å². The Hall–Kier alpha value is -0.800. The molecule has 0 aliphatic heterocycles. The molecule has 15 heavy (non-hydrogen) atoms. The van der Waals surface area contributed by atoms with Crippen molar-refractivity contribution >= 4 is 26.8 Å². The number of halogens is 1. The lowest BCUT2D eigenvalue weighted by molar-refractivity contribution is 0.738. The van der Waals surface area contributed by atoms with E-state index in [0.717, 1.165) is 10.9 Å². The molecule has 2 rings (SSSR count). The van der Waals surface area contributed by atoms with Crippen molar-refractivity contribution in [1.29, 1.82) is 0 Å². The fourth-order valence-electron chi connectivity index (χ4n) is 1.99. The van der Waals surface area contributed by atoms with Crippen molar-refractivity contribution in [3.8, 4) is 0 Å². The first-order valence-corrected chi connectivity index (χ1v) is 5.87. The standard InChI is InChI=1S/C12H15BrN2/c1-8(14)6-9-7-15(2)11-5-3-4-10(13)12(9)11/h3-5,7-8H,6,14H2,1-2H3. The molecule has 2 nitrogen and oxygen atoms in total. The number of aryl methyl sites for hydroxylation is 1. The Morgan fingerprint density at radius 2 is 2.20 bits per heavy atom. The van der Waals surface area contributed by atoms with Gasteiger partial charge in [-0.1, -0.05) is 22.0 Å². The van der Waals surface area contributed by atoms with Crippen LogP contribution in [0.3, 0.4) is 0 Å². The van der Waals surface area contributed by atoms with E-state index in [1.165, 1.54) is 16.5 Å². The second-order valence-electron chi connectivity index (χ2n) is 4.08. The highest BCUT2D eigenvalue weighted by atomic mass is 79.9. The van der Waals surface area contributed by atoms with Gasteiger partial charge < -0.3 is 10.3 Å². The van der Waals surface area contributed by atoms with Crippen molar-refractivity contribution < 1.29 is 0 Å². The van der Waals surface area contributed by atoms with E-state index in [2.05, 4.69) is 51.9 Å². The average Bonchev–Trinajstić information content (AvgIpc) is 2.44. The summed E-state index contributed by atoms with van der Waals surface area (Å²) in [7, 11) is 2.07. The first-order valence-electron chi connectivity index (χ1n) is 5.07. The zero-order valence-electron chi connectivity index (χ0n) is 9.00. The number of fused-ring (bicyclic) bond motifs is 1. The smallest absolute Gasteiger partial charge is 0.0491 e. The van der Waals surface area contributed by atoms with E-state index in [9.17, 15) is 0 Å². The molecule has 1 atom stereocenters. The minimum absolute atomic E-state index is 0.197. The topological polar surface area (TPSA) is 30.9 Å². The van der Waals surface area contributed by atoms with Gasteiger partial charge in [-0.2, -0.15) is 0 Å². The van der Waals surface area contributed by atoms with Crippen molar-refractivity contribution in [2.24, 2.45) is 12.8 Å². The number of nitrogens with zero attached hydrogens (tertiary/aromatic N) is 1. The minimum Gasteiger partial charge on any atom is -0.350 e. The van der Waals surface area contributed by atoms with Crippen molar-refractivity contribution in [3.05, 3.63) is 34.4 Å². The molecule has 0 amide bonds. The van der Waals surface area contributed by atoms with E-state index in [1.807, 2.05) is 6.92 Å². The van der Waals surface area contributed by atoms with Crippen LogP contribution in [0.1, 0.15) is 12.5 Å². The van der Waals surface area contributed by atoms with Gasteiger partial charge in [-0.15, -0.1) is 0 Å². The summed E-state index contributed by atoms with van der Waals surface area (Å²) < 4.78 is 3.30. The van der Waals surface area contributed by atoms with E-state index < -0.39 is 0 Å². The summed E-state index contributed by atoms with van der Waals surface area (Å²) in [5, 5.41) is 1.29. The predicted octanol–water partition coefficient (Wildman–Crippen LogP) is 2.83. The van der Waals surface area contributed by atoms with Crippen LogP contribution in [-0.4, -0.2) is 10.6 Å². The molecule has 0 saturated carbocycles. The second kappa shape index (κ2) is 3.99. The SMILES string of the molecule is CC(N)Cc1cn(C)c2cccc(Br)c12. The molecule has 0 spiro atoms. The zero-order chi connectivity index (χ0) is 11.0. The second-order valence-corrected chi connectivity index (χ2v) is 4.93. The van der Waals surface area contributed by atoms with Crippen LogP contribution in [0.15, 0.2) is 28.9 Å². The molecule has 1 aromatic heterocycles. The highest BCUT2D eigenvalue weighted by molar-refractivity contribution is 9.10. The number of hydrogen-bond acceptors (Lipinski definition) is 1. The highest BCUT2D eigenvalue weighted by Crippen LogP contribution is 2.29. The van der Waals surface area contributed by atoms with Crippen LogP contribution in [0.25, 0.3) is 10.9 Å². The third-order valence-electron chi connectivity index (χ3n) is 2.58. The van der Waals surface area contributed by atoms with Crippen LogP contribution in [0.2, 0.25) is 0 Å². The fraction of sp³-hybridized carbons (Fsp3) is 0.333. The number of aromatic nitrogens is 1. The molecule has 0 saturated heterocycles. The lowest BCUT2D eigenvalue weighted by atomic mass is 10.1. The zero-order valence-corrected chi connectivity index (χ0v) is 10.6. The van der Waals surface area contributed by atoms with Crippen LogP contribution in [0.5, 0.6) is 0 Å². The first kappa shape index (κ1) is 10.7. The van der Waals surface area contributed by atoms with Gasteiger partial charge in [0.05, 0.1) is 0 Å². The molecular formula is C12H15BrN2. The van der Waals surface area contributed by atoms with Gasteiger partial charge in [0.1, 0.15) is 0 Å². The first-order chi connectivity index (χ1) is 7.09. The summed E-state index contributed by atoms with van der Waals surface area (Å²) >= 11 is 3.60. The molecule has 0 fully saturated rings. The Balaban J connectivity index is 2.65. The quantitative estimate of drug-likeness (QED) is 0.891. The van der Waals surface area contributed by atoms with Gasteiger partial charge >= 0.3 is 0 Å². The summed E-state index contributed by atoms with van der Waals surface area (Å²) in [5.74, 6) is 0. The number of nitrogens with two attached hydrogens (primary N) is 1. The Morgan fingerprint density at radius 3 is 2.87 bits per heavy atom. The van der Waals surface area contributed by atoms with Gasteiger partial charge in [0.25, 0.3) is 0 Å². The molecule has 0 radical (unpaired) electrons. The van der Waals surface area contributed by atoms with E-state index in [4.69, 9.17) is 5.73 Å². The summed E-state index contributed by atoms with van der Waals surface area (Å²) in [5.41, 5.74) is 8.42. The summed E-state index contributed by atoms with van der Waals surface area (Å²) in [6.45, 7) is 2.04. The van der Waals surface area contributed by atoms with Gasteiger partial charge in [-0.05, 0) is 31.0 Å². The molecule has 80 valence electrons. The van der Waals surface area contributed by atoms with Crippen LogP contribution in [0.4, 0.5) is 0 Å². The van der Waals surface area contributed by atoms with Crippen LogP contribution < -0.4 is 5.73 Å². The van der Waals surface area contributed by atoms with E-state index in [1.54, 1.807) is 0 Å². The molecule has 1 aromatic carbocycles. The largest absolute Gasteiger partial charge is 0.350 e. The number of hydrogen-bond donors (Lipinski definition) is 1. The van der Waals surface area contributed by atoms with Gasteiger partial charge in [0.15, 0.2) is 0 Å². The van der Waals surface area contributed by atoms with E-state index >= 15 is 0 Å². The Bertz CT molecular complexity index is 486. The lowest BCUT2D eigenvalue weighted by Gasteiger charge is -2.03. The van der Waals surface area contributed by atoms with Gasteiger partial charge in [0.2, 0.25) is 0 Å². The predicted molar refractivity (Wildman–Crippen MR) is 68.0 cm³/mol. The van der Waals surface area contributed by atoms with E-state index in [-0.39, 0.29) is 6.04 Å². The Labute approximate surface area is 98.2 Å². The van der Waals surface area contributed by atoms with Gasteiger partial charge in [0, 0.05) is 34.7 Å². The highest BCUT2D eigenvalue weighted by Gasteiger charge is 2.10. The van der Waals surface area contributed by atoms with Crippen LogP contribution in [-0.2, 0) is 13.5 Å². The molecular weight excluding hydrogens is 252 g/mol. The third kappa shape index (κ3) is 1.94. The molecule has 0 aliphatic rings. The summed E-state index contributed by atoms with van der Waals surface area (Å²) in [6.07, 6.45) is 3.08. The lowest BCUT2D eigenvalue weighted by Crippen LogP contribution is -2.17. The van der Waals surface area contributed by atoms with Gasteiger partial charge in [-0.25, -0.2) is 0 Å². The maximum Gasteiger partial charge on any atom is 0.0491 e. The molecule has 2 aromatic rings. The number of rotatable bonds is 2. The Kier molecular flexibility index (Phi) is 2.85. The summed E-state index contributed by atoms with van der Waals surface area (Å²) in [4.78, 5) is 0. The molecule has 2 N–H and O–H groups in total. The molecule has 1 unspecified atom stereocenters. The van der Waals surface area contributed by atoms with E-state index in [0.29, 0.717) is 0 Å². The van der Waals surface area contributed by atoms with Crippen LogP contribution in [0, 0.1) is 0 Å². The maximum absolute atomic E-state index is 5.85. The minimum atomic E-state index is 0.197. The van der Waals surface area contributed by atoms with Crippen molar-refractivity contribution in [1.82, 2.24) is 4.57 Å². The summed E-state index contributed by atoms with van der Waals surface area (Å²) in [6, 6.07) is 6.46. The molecule has 3 heteroatoms.